The molecule has 0 aliphatic carbocycles. The van der Waals surface area contributed by atoms with Gasteiger partial charge in [-0.1, -0.05) is 24.3 Å². The first kappa shape index (κ1) is 18.9. The molecule has 0 saturated heterocycles. The molecule has 3 aromatic rings. The predicted molar refractivity (Wildman–Crippen MR) is 109 cm³/mol. The van der Waals surface area contributed by atoms with Crippen LogP contribution >= 0.6 is 0 Å². The molecule has 4 heteroatoms. The van der Waals surface area contributed by atoms with Gasteiger partial charge < -0.3 is 9.88 Å². The molecule has 140 valence electrons. The third-order valence-corrected chi connectivity index (χ3v) is 5.19. The van der Waals surface area contributed by atoms with Gasteiger partial charge in [0, 0.05) is 24.5 Å². The molecule has 0 saturated carbocycles. The van der Waals surface area contributed by atoms with E-state index >= 15 is 0 Å². The molecule has 1 atom stereocenters. The van der Waals surface area contributed by atoms with E-state index in [0.29, 0.717) is 5.56 Å². The average Bonchev–Trinajstić information content (AvgIpc) is 3.03. The van der Waals surface area contributed by atoms with Crippen molar-refractivity contribution in [3.63, 3.8) is 0 Å². The van der Waals surface area contributed by atoms with Gasteiger partial charge in [-0.15, -0.1) is 0 Å². The van der Waals surface area contributed by atoms with Crippen molar-refractivity contribution in [2.75, 3.05) is 0 Å². The Hall–Kier alpha value is -2.88. The smallest absolute Gasteiger partial charge is 0.251 e. The van der Waals surface area contributed by atoms with Crippen LogP contribution in [0.15, 0.2) is 48.8 Å². The average molecular weight is 361 g/mol. The Morgan fingerprint density at radius 3 is 2.33 bits per heavy atom. The molecule has 1 amide bonds. The number of carbonyl (C=O) groups excluding carboxylic acids is 1. The topological polar surface area (TPSA) is 46.9 Å². The highest BCUT2D eigenvalue weighted by atomic mass is 16.1. The van der Waals surface area contributed by atoms with Crippen molar-refractivity contribution in [3.8, 4) is 0 Å². The van der Waals surface area contributed by atoms with Gasteiger partial charge >= 0.3 is 0 Å². The fourth-order valence-electron chi connectivity index (χ4n) is 3.34. The van der Waals surface area contributed by atoms with Crippen molar-refractivity contribution in [1.82, 2.24) is 14.9 Å². The van der Waals surface area contributed by atoms with Crippen LogP contribution in [0, 0.1) is 27.7 Å². The molecule has 27 heavy (non-hydrogen) atoms. The number of aromatic nitrogens is 2. The maximum Gasteiger partial charge on any atom is 0.251 e. The number of benzene rings is 2. The summed E-state index contributed by atoms with van der Waals surface area (Å²) in [6, 6.07) is 12.1. The summed E-state index contributed by atoms with van der Waals surface area (Å²) >= 11 is 0. The van der Waals surface area contributed by atoms with Crippen LogP contribution in [0.2, 0.25) is 0 Å². The van der Waals surface area contributed by atoms with Gasteiger partial charge in [-0.25, -0.2) is 4.98 Å². The molecule has 1 aromatic heterocycles. The van der Waals surface area contributed by atoms with E-state index in [1.54, 1.807) is 6.20 Å². The molecular formula is C23H27N3O. The summed E-state index contributed by atoms with van der Waals surface area (Å²) in [7, 11) is 0. The molecule has 0 fully saturated rings. The Morgan fingerprint density at radius 2 is 1.70 bits per heavy atom. The zero-order valence-corrected chi connectivity index (χ0v) is 16.7. The molecule has 0 bridgehead atoms. The monoisotopic (exact) mass is 361 g/mol. The lowest BCUT2D eigenvalue weighted by atomic mass is 9.96. The molecule has 1 N–H and O–H groups in total. The first-order valence-corrected chi connectivity index (χ1v) is 9.30. The molecule has 1 heterocycles. The number of imidazole rings is 1. The molecular weight excluding hydrogens is 334 g/mol. The summed E-state index contributed by atoms with van der Waals surface area (Å²) in [5.41, 5.74) is 6.71. The maximum absolute atomic E-state index is 12.6. The van der Waals surface area contributed by atoms with E-state index in [2.05, 4.69) is 47.8 Å². The standard InChI is InChI=1S/C23H27N3O/c1-15-12-17(3)22(13-16(15)2)18(4)25-23(27)21-8-6-20(7-9-21)14-26-11-10-24-19(26)5/h6-13,18H,14H2,1-5H3,(H,25,27)/t18-/m1/s1. The molecule has 0 aliphatic heterocycles. The van der Waals surface area contributed by atoms with Gasteiger partial charge in [0.25, 0.3) is 5.91 Å². The number of amides is 1. The summed E-state index contributed by atoms with van der Waals surface area (Å²) in [5.74, 6) is 0.930. The number of rotatable bonds is 5. The lowest BCUT2D eigenvalue weighted by molar-refractivity contribution is 0.0940. The van der Waals surface area contributed by atoms with Gasteiger partial charge in [-0.05, 0) is 74.6 Å². The van der Waals surface area contributed by atoms with Crippen molar-refractivity contribution in [2.45, 2.75) is 47.2 Å². The highest BCUT2D eigenvalue weighted by Crippen LogP contribution is 2.22. The Morgan fingerprint density at radius 1 is 1.04 bits per heavy atom. The second-order valence-corrected chi connectivity index (χ2v) is 7.29. The number of nitrogens with zero attached hydrogens (tertiary/aromatic N) is 2. The van der Waals surface area contributed by atoms with Crippen molar-refractivity contribution >= 4 is 5.91 Å². The Kier molecular flexibility index (Phi) is 5.45. The van der Waals surface area contributed by atoms with Gasteiger partial charge in [0.1, 0.15) is 5.82 Å². The Balaban J connectivity index is 1.69. The van der Waals surface area contributed by atoms with Crippen LogP contribution < -0.4 is 5.32 Å². The van der Waals surface area contributed by atoms with Crippen LogP contribution in [0.25, 0.3) is 0 Å². The lowest BCUT2D eigenvalue weighted by Crippen LogP contribution is -2.27. The molecule has 0 unspecified atom stereocenters. The minimum absolute atomic E-state index is 0.0370. The van der Waals surface area contributed by atoms with E-state index < -0.39 is 0 Å². The van der Waals surface area contributed by atoms with Crippen molar-refractivity contribution in [2.24, 2.45) is 0 Å². The molecule has 3 rings (SSSR count). The zero-order valence-electron chi connectivity index (χ0n) is 16.7. The van der Waals surface area contributed by atoms with Crippen LogP contribution in [0.5, 0.6) is 0 Å². The van der Waals surface area contributed by atoms with Crippen LogP contribution in [-0.2, 0) is 6.54 Å². The molecule has 0 spiro atoms. The van der Waals surface area contributed by atoms with E-state index in [4.69, 9.17) is 0 Å². The number of nitrogens with one attached hydrogen (secondary N) is 1. The summed E-state index contributed by atoms with van der Waals surface area (Å²) < 4.78 is 2.08. The maximum atomic E-state index is 12.6. The lowest BCUT2D eigenvalue weighted by Gasteiger charge is -2.18. The van der Waals surface area contributed by atoms with E-state index in [0.717, 1.165) is 17.9 Å². The Labute approximate surface area is 161 Å². The third kappa shape index (κ3) is 4.27. The van der Waals surface area contributed by atoms with Gasteiger partial charge in [0.05, 0.1) is 6.04 Å². The summed E-state index contributed by atoms with van der Waals surface area (Å²) in [4.78, 5) is 16.9. The van der Waals surface area contributed by atoms with Crippen LogP contribution in [-0.4, -0.2) is 15.5 Å². The van der Waals surface area contributed by atoms with Crippen molar-refractivity contribution in [1.29, 1.82) is 0 Å². The minimum atomic E-state index is -0.0505. The predicted octanol–water partition coefficient (Wildman–Crippen LogP) is 4.66. The third-order valence-electron chi connectivity index (χ3n) is 5.19. The van der Waals surface area contributed by atoms with Crippen LogP contribution in [0.3, 0.4) is 0 Å². The fraction of sp³-hybridized carbons (Fsp3) is 0.304. The molecule has 0 aliphatic rings. The van der Waals surface area contributed by atoms with Crippen LogP contribution in [0.4, 0.5) is 0 Å². The van der Waals surface area contributed by atoms with E-state index in [9.17, 15) is 4.79 Å². The quantitative estimate of drug-likeness (QED) is 0.719. The van der Waals surface area contributed by atoms with E-state index in [-0.39, 0.29) is 11.9 Å². The van der Waals surface area contributed by atoms with Gasteiger partial charge in [-0.2, -0.15) is 0 Å². The summed E-state index contributed by atoms with van der Waals surface area (Å²) in [6.45, 7) is 11.1. The minimum Gasteiger partial charge on any atom is -0.346 e. The summed E-state index contributed by atoms with van der Waals surface area (Å²) in [6.07, 6.45) is 3.76. The molecule has 0 radical (unpaired) electrons. The largest absolute Gasteiger partial charge is 0.346 e. The number of carbonyl (C=O) groups is 1. The SMILES string of the molecule is Cc1cc(C)c([C@@H](C)NC(=O)c2ccc(Cn3ccnc3C)cc2)cc1C. The van der Waals surface area contributed by atoms with Gasteiger partial charge in [0.15, 0.2) is 0 Å². The van der Waals surface area contributed by atoms with Crippen molar-refractivity contribution in [3.05, 3.63) is 88.0 Å². The number of hydrogen-bond donors (Lipinski definition) is 1. The van der Waals surface area contributed by atoms with Crippen molar-refractivity contribution < 1.29 is 4.79 Å². The number of aryl methyl sites for hydroxylation is 4. The fourth-order valence-corrected chi connectivity index (χ4v) is 3.34. The van der Waals surface area contributed by atoms with E-state index in [1.165, 1.54) is 22.3 Å². The first-order valence-electron chi connectivity index (χ1n) is 9.30. The molecule has 2 aromatic carbocycles. The van der Waals surface area contributed by atoms with Crippen LogP contribution in [0.1, 0.15) is 57.0 Å². The normalized spacial score (nSPS) is 12.0. The second-order valence-electron chi connectivity index (χ2n) is 7.29. The van der Waals surface area contributed by atoms with Gasteiger partial charge in [-0.3, -0.25) is 4.79 Å². The zero-order chi connectivity index (χ0) is 19.6. The highest BCUT2D eigenvalue weighted by Gasteiger charge is 2.14. The first-order chi connectivity index (χ1) is 12.8. The second kappa shape index (κ2) is 7.78. The molecule has 4 nitrogen and oxygen atoms in total. The summed E-state index contributed by atoms with van der Waals surface area (Å²) in [5, 5.41) is 3.12. The Bertz CT molecular complexity index is 954. The number of hydrogen-bond acceptors (Lipinski definition) is 2. The van der Waals surface area contributed by atoms with Gasteiger partial charge in [0.2, 0.25) is 0 Å². The van der Waals surface area contributed by atoms with E-state index in [1.807, 2.05) is 44.3 Å². The highest BCUT2D eigenvalue weighted by molar-refractivity contribution is 5.94.